The SMILES string of the molecule is CC(=O)CCC(=O)OC[C@H]1O[C@@H](O[C@H]2[C@@H](OC(C)=O)[C@@H](CO)O[C@@H](OCCCCCN=[N+]=[N-])[C@@H]2N2C(=O)c3ccccc3C2=O)[C@H](OC(=O)c2ccc(C)cc2)[C@@H](OC(=O)c2ccc(C)cc2)[C@@H]1OC(=O)c1ccc(C)cc1. The van der Waals surface area contributed by atoms with Crippen LogP contribution in [0, 0.1) is 20.8 Å². The van der Waals surface area contributed by atoms with Crippen LogP contribution in [0.4, 0.5) is 0 Å². The second-order valence-corrected chi connectivity index (χ2v) is 18.9. The fourth-order valence-electron chi connectivity index (χ4n) is 8.97. The summed E-state index contributed by atoms with van der Waals surface area (Å²) in [5.41, 5.74) is 11.1. The predicted octanol–water partition coefficient (Wildman–Crippen LogP) is 6.42. The van der Waals surface area contributed by atoms with E-state index in [2.05, 4.69) is 10.0 Å². The number of imide groups is 1. The number of aliphatic hydroxyl groups excluding tert-OH is 1. The second-order valence-electron chi connectivity index (χ2n) is 18.9. The van der Waals surface area contributed by atoms with E-state index in [0.29, 0.717) is 19.3 Å². The van der Waals surface area contributed by atoms with Crippen molar-refractivity contribution in [1.82, 2.24) is 4.90 Å². The number of ether oxygens (including phenoxy) is 9. The molecule has 22 nitrogen and oxygen atoms in total. The van der Waals surface area contributed by atoms with Gasteiger partial charge >= 0.3 is 29.8 Å². The van der Waals surface area contributed by atoms with Gasteiger partial charge in [0.2, 0.25) is 0 Å². The fourth-order valence-corrected chi connectivity index (χ4v) is 8.97. The summed E-state index contributed by atoms with van der Waals surface area (Å²) in [5.74, 6) is -6.88. The summed E-state index contributed by atoms with van der Waals surface area (Å²) in [4.78, 5) is 114. The quantitative estimate of drug-likeness (QED) is 0.0159. The van der Waals surface area contributed by atoms with Crippen LogP contribution in [0.25, 0.3) is 10.4 Å². The highest BCUT2D eigenvalue weighted by Crippen LogP contribution is 2.39. The summed E-state index contributed by atoms with van der Waals surface area (Å²) in [6.07, 6.45) is -15.6. The molecule has 78 heavy (non-hydrogen) atoms. The van der Waals surface area contributed by atoms with Gasteiger partial charge in [-0.25, -0.2) is 14.4 Å². The minimum Gasteiger partial charge on any atom is -0.463 e. The van der Waals surface area contributed by atoms with Gasteiger partial charge < -0.3 is 52.5 Å². The van der Waals surface area contributed by atoms with E-state index in [1.54, 1.807) is 69.3 Å². The van der Waals surface area contributed by atoms with Gasteiger partial charge in [0.1, 0.15) is 36.7 Å². The van der Waals surface area contributed by atoms with E-state index in [-0.39, 0.29) is 59.6 Å². The number of esters is 5. The van der Waals surface area contributed by atoms with Crippen LogP contribution in [-0.2, 0) is 57.0 Å². The van der Waals surface area contributed by atoms with Crippen molar-refractivity contribution in [2.45, 2.75) is 128 Å². The number of fused-ring (bicyclic) bond motifs is 1. The Morgan fingerprint density at radius 3 is 1.62 bits per heavy atom. The van der Waals surface area contributed by atoms with Crippen molar-refractivity contribution in [2.24, 2.45) is 5.11 Å². The van der Waals surface area contributed by atoms with Gasteiger partial charge in [-0.2, -0.15) is 0 Å². The van der Waals surface area contributed by atoms with Gasteiger partial charge in [0.15, 0.2) is 37.0 Å². The van der Waals surface area contributed by atoms with Gasteiger partial charge in [-0.05, 0) is 94.6 Å². The minimum absolute atomic E-state index is 0.00222. The number of ketones is 1. The minimum atomic E-state index is -2.09. The number of rotatable bonds is 23. The molecule has 2 saturated heterocycles. The van der Waals surface area contributed by atoms with Crippen LogP contribution in [0.5, 0.6) is 0 Å². The van der Waals surface area contributed by atoms with Crippen molar-refractivity contribution in [1.29, 1.82) is 0 Å². The molecule has 2 fully saturated rings. The standard InChI is InChI=1S/C56H60N4O18/c1-31-13-20-36(21-14-31)52(67)75-46-42(30-71-43(64)26-19-34(4)62)74-56(49(77-54(69)38-24-17-33(3)18-25-38)48(46)76-53(68)37-22-15-32(2)16-23-37)78-47-44(60-50(65)39-11-7-8-12-40(39)51(60)66)55(70-28-10-6-9-27-58-59-57)73-41(29-61)45(47)72-35(5)63/h7-8,11-18,20-25,41-42,44-49,55-56,61H,6,9-10,19,26-30H2,1-5H3/t41-,42-,44-,45+,46-,47-,48+,49-,55-,56+/m1/s1. The van der Waals surface area contributed by atoms with Crippen molar-refractivity contribution in [3.05, 3.63) is 152 Å². The Morgan fingerprint density at radius 1 is 0.615 bits per heavy atom. The number of hydrogen-bond acceptors (Lipinski definition) is 19. The maximum atomic E-state index is 14.6. The molecule has 4 aromatic rings. The Morgan fingerprint density at radius 2 is 1.12 bits per heavy atom. The van der Waals surface area contributed by atoms with Crippen molar-refractivity contribution >= 4 is 47.4 Å². The average Bonchev–Trinajstić information content (AvgIpc) is 3.81. The van der Waals surface area contributed by atoms with Crippen LogP contribution in [0.2, 0.25) is 0 Å². The summed E-state index contributed by atoms with van der Waals surface area (Å²) in [5, 5.41) is 14.5. The number of hydrogen-bond donors (Lipinski definition) is 1. The van der Waals surface area contributed by atoms with Gasteiger partial charge in [-0.1, -0.05) is 76.8 Å². The van der Waals surface area contributed by atoms with Crippen molar-refractivity contribution in [3.8, 4) is 0 Å². The third-order valence-electron chi connectivity index (χ3n) is 13.0. The molecule has 0 saturated carbocycles. The van der Waals surface area contributed by atoms with Crippen LogP contribution in [-0.4, -0.2) is 145 Å². The Balaban J connectivity index is 1.40. The number of benzene rings is 4. The maximum Gasteiger partial charge on any atom is 0.338 e. The molecule has 0 unspecified atom stereocenters. The molecule has 4 aromatic carbocycles. The van der Waals surface area contributed by atoms with Crippen LogP contribution < -0.4 is 0 Å². The fraction of sp³-hybridized carbons (Fsp3) is 0.429. The highest BCUT2D eigenvalue weighted by molar-refractivity contribution is 6.21. The second kappa shape index (κ2) is 27.0. The van der Waals surface area contributed by atoms with Gasteiger partial charge in [0, 0.05) is 31.4 Å². The normalized spacial score (nSPS) is 23.5. The Hall–Kier alpha value is -7.85. The summed E-state index contributed by atoms with van der Waals surface area (Å²) < 4.78 is 56.4. The zero-order chi connectivity index (χ0) is 56.0. The number of Topliss-reactive ketones (excluding diaryl/α,β-unsaturated/α-hetero) is 1. The van der Waals surface area contributed by atoms with E-state index in [1.807, 2.05) is 0 Å². The summed E-state index contributed by atoms with van der Waals surface area (Å²) in [6.45, 7) is 6.15. The van der Waals surface area contributed by atoms with Gasteiger partial charge in [0.05, 0.1) is 40.8 Å². The molecule has 0 bridgehead atoms. The molecule has 0 spiro atoms. The Labute approximate surface area is 448 Å². The first kappa shape index (κ1) is 57.8. The van der Waals surface area contributed by atoms with E-state index in [9.17, 15) is 43.5 Å². The molecule has 0 aromatic heterocycles. The van der Waals surface area contributed by atoms with Crippen molar-refractivity contribution in [2.75, 3.05) is 26.4 Å². The van der Waals surface area contributed by atoms with E-state index in [1.165, 1.54) is 55.5 Å². The lowest BCUT2D eigenvalue weighted by molar-refractivity contribution is -0.348. The number of amides is 2. The molecule has 3 aliphatic rings. The predicted molar refractivity (Wildman–Crippen MR) is 271 cm³/mol. The molecule has 10 atom stereocenters. The third kappa shape index (κ3) is 14.4. The lowest BCUT2D eigenvalue weighted by Crippen LogP contribution is -2.70. The molecule has 7 rings (SSSR count). The zero-order valence-electron chi connectivity index (χ0n) is 43.6. The van der Waals surface area contributed by atoms with E-state index in [4.69, 9.17) is 48.2 Å². The van der Waals surface area contributed by atoms with Gasteiger partial charge in [-0.15, -0.1) is 0 Å². The molecule has 22 heteroatoms. The number of carbonyl (C=O) groups excluding carboxylic acids is 8. The number of aliphatic hydroxyl groups is 1. The first-order valence-corrected chi connectivity index (χ1v) is 25.3. The summed E-state index contributed by atoms with van der Waals surface area (Å²) in [7, 11) is 0. The number of azide groups is 1. The number of unbranched alkanes of at least 4 members (excludes halogenated alkanes) is 2. The smallest absolute Gasteiger partial charge is 0.338 e. The zero-order valence-corrected chi connectivity index (χ0v) is 43.6. The molecule has 412 valence electrons. The van der Waals surface area contributed by atoms with E-state index >= 15 is 0 Å². The average molecular weight is 1080 g/mol. The van der Waals surface area contributed by atoms with Crippen LogP contribution in [0.1, 0.15) is 114 Å². The van der Waals surface area contributed by atoms with Crippen LogP contribution in [0.3, 0.4) is 0 Å². The molecular formula is C56H60N4O18. The van der Waals surface area contributed by atoms with Gasteiger partial charge in [-0.3, -0.25) is 24.1 Å². The largest absolute Gasteiger partial charge is 0.463 e. The molecule has 1 N–H and O–H groups in total. The van der Waals surface area contributed by atoms with E-state index in [0.717, 1.165) is 28.5 Å². The summed E-state index contributed by atoms with van der Waals surface area (Å²) in [6, 6.07) is 22.8. The summed E-state index contributed by atoms with van der Waals surface area (Å²) >= 11 is 0. The number of nitrogens with zero attached hydrogens (tertiary/aromatic N) is 4. The third-order valence-corrected chi connectivity index (χ3v) is 13.0. The first-order valence-electron chi connectivity index (χ1n) is 25.3. The molecule has 3 aliphatic heterocycles. The van der Waals surface area contributed by atoms with Crippen LogP contribution in [0.15, 0.2) is 102 Å². The lowest BCUT2D eigenvalue weighted by Gasteiger charge is -2.50. The van der Waals surface area contributed by atoms with Crippen molar-refractivity contribution < 1.29 is 86.1 Å². The van der Waals surface area contributed by atoms with Gasteiger partial charge in [0.25, 0.3) is 11.8 Å². The molecule has 0 radical (unpaired) electrons. The highest BCUT2D eigenvalue weighted by Gasteiger charge is 2.60. The molecule has 0 aliphatic carbocycles. The number of carbonyl (C=O) groups is 8. The Kier molecular flexibility index (Phi) is 20.0. The topological polar surface area (TPSA) is 292 Å². The highest BCUT2D eigenvalue weighted by atomic mass is 16.8. The Bertz CT molecular complexity index is 2840. The van der Waals surface area contributed by atoms with Crippen molar-refractivity contribution in [3.63, 3.8) is 0 Å². The van der Waals surface area contributed by atoms with E-state index < -0.39 is 116 Å². The monoisotopic (exact) mass is 1080 g/mol. The molecule has 3 heterocycles. The lowest BCUT2D eigenvalue weighted by atomic mass is 9.93. The molecule has 2 amide bonds. The van der Waals surface area contributed by atoms with Crippen LogP contribution >= 0.6 is 0 Å². The maximum absolute atomic E-state index is 14.6. The molecular weight excluding hydrogens is 1020 g/mol. The number of aryl methyl sites for hydroxylation is 3. The first-order chi connectivity index (χ1) is 37.5.